The molecule has 2 rings (SSSR count). The van der Waals surface area contributed by atoms with Gasteiger partial charge in [0.2, 0.25) is 0 Å². The van der Waals surface area contributed by atoms with Crippen molar-refractivity contribution < 1.29 is 0 Å². The molecule has 0 heteroatoms. The fraction of sp³-hybridized carbons (Fsp3) is 0.286. The SMILES string of the molecule is C=C1CCC2=C(C(=C)CCC2=C)C1=C. The summed E-state index contributed by atoms with van der Waals surface area (Å²) in [5, 5.41) is 0. The lowest BCUT2D eigenvalue weighted by Gasteiger charge is -2.30. The molecule has 0 bridgehead atoms. The van der Waals surface area contributed by atoms with Gasteiger partial charge in [0, 0.05) is 0 Å². The van der Waals surface area contributed by atoms with Gasteiger partial charge in [-0.05, 0) is 53.5 Å². The molecule has 0 heterocycles. The van der Waals surface area contributed by atoms with Gasteiger partial charge in [0.05, 0.1) is 0 Å². The molecule has 0 saturated carbocycles. The summed E-state index contributed by atoms with van der Waals surface area (Å²) in [5.74, 6) is 0. The molecule has 2 aliphatic rings. The van der Waals surface area contributed by atoms with Crippen LogP contribution in [0.3, 0.4) is 0 Å². The van der Waals surface area contributed by atoms with Crippen LogP contribution in [0.2, 0.25) is 0 Å². The molecule has 0 fully saturated rings. The molecule has 2 aliphatic carbocycles. The molecule has 0 unspecified atom stereocenters. The number of hydrogen-bond acceptors (Lipinski definition) is 0. The van der Waals surface area contributed by atoms with E-state index in [0.717, 1.165) is 31.3 Å². The van der Waals surface area contributed by atoms with Gasteiger partial charge in [-0.25, -0.2) is 0 Å². The fourth-order valence-electron chi connectivity index (χ4n) is 2.27. The smallest absolute Gasteiger partial charge is 0.0126 e. The van der Waals surface area contributed by atoms with E-state index in [0.29, 0.717) is 0 Å². The summed E-state index contributed by atoms with van der Waals surface area (Å²) >= 11 is 0. The van der Waals surface area contributed by atoms with Gasteiger partial charge in [-0.2, -0.15) is 0 Å². The zero-order chi connectivity index (χ0) is 10.3. The standard InChI is InChI=1S/C14H16/c1-9-7-8-13-10(2)5-6-11(3)14(13)12(9)4/h1-8H2. The maximum absolute atomic E-state index is 4.12. The van der Waals surface area contributed by atoms with E-state index >= 15 is 0 Å². The Kier molecular flexibility index (Phi) is 2.07. The number of hydrogen-bond donors (Lipinski definition) is 0. The van der Waals surface area contributed by atoms with Crippen LogP contribution >= 0.6 is 0 Å². The van der Waals surface area contributed by atoms with E-state index in [2.05, 4.69) is 26.3 Å². The van der Waals surface area contributed by atoms with Crippen molar-refractivity contribution in [3.05, 3.63) is 59.8 Å². The second-order valence-corrected chi connectivity index (χ2v) is 4.14. The van der Waals surface area contributed by atoms with Crippen LogP contribution < -0.4 is 0 Å². The van der Waals surface area contributed by atoms with Crippen LogP contribution in [-0.4, -0.2) is 0 Å². The van der Waals surface area contributed by atoms with Crippen molar-refractivity contribution in [1.82, 2.24) is 0 Å². The largest absolute Gasteiger partial charge is 0.0955 e. The zero-order valence-corrected chi connectivity index (χ0v) is 8.66. The molecule has 72 valence electrons. The molecule has 0 N–H and O–H groups in total. The lowest BCUT2D eigenvalue weighted by atomic mass is 9.74. The number of rotatable bonds is 0. The average molecular weight is 184 g/mol. The maximum Gasteiger partial charge on any atom is -0.0126 e. The number of allylic oxidation sites excluding steroid dienone is 6. The Hall–Kier alpha value is -1.30. The molecule has 0 spiro atoms. The van der Waals surface area contributed by atoms with Crippen molar-refractivity contribution in [3.8, 4) is 0 Å². The first-order chi connectivity index (χ1) is 6.61. The van der Waals surface area contributed by atoms with Crippen LogP contribution in [0.15, 0.2) is 59.8 Å². The highest BCUT2D eigenvalue weighted by molar-refractivity contribution is 5.63. The summed E-state index contributed by atoms with van der Waals surface area (Å²) < 4.78 is 0. The highest BCUT2D eigenvalue weighted by Crippen LogP contribution is 2.43. The van der Waals surface area contributed by atoms with Gasteiger partial charge in [-0.3, -0.25) is 0 Å². The van der Waals surface area contributed by atoms with Gasteiger partial charge in [0.1, 0.15) is 0 Å². The van der Waals surface area contributed by atoms with Gasteiger partial charge in [0.15, 0.2) is 0 Å². The summed E-state index contributed by atoms with van der Waals surface area (Å²) in [7, 11) is 0. The summed E-state index contributed by atoms with van der Waals surface area (Å²) in [6.07, 6.45) is 4.20. The van der Waals surface area contributed by atoms with Gasteiger partial charge in [0.25, 0.3) is 0 Å². The molecule has 14 heavy (non-hydrogen) atoms. The van der Waals surface area contributed by atoms with Crippen LogP contribution in [0.4, 0.5) is 0 Å². The highest BCUT2D eigenvalue weighted by Gasteiger charge is 2.25. The molecule has 0 aromatic rings. The molecule has 0 aliphatic heterocycles. The predicted octanol–water partition coefficient (Wildman–Crippen LogP) is 4.10. The lowest BCUT2D eigenvalue weighted by molar-refractivity contribution is 0.813. The normalized spacial score (nSPS) is 22.9. The highest BCUT2D eigenvalue weighted by atomic mass is 14.3. The molecule has 0 aromatic heterocycles. The second-order valence-electron chi connectivity index (χ2n) is 4.14. The molecule has 0 aromatic carbocycles. The van der Waals surface area contributed by atoms with E-state index in [-0.39, 0.29) is 0 Å². The Labute approximate surface area is 86.0 Å². The van der Waals surface area contributed by atoms with Crippen LogP contribution in [0.25, 0.3) is 0 Å². The predicted molar refractivity (Wildman–Crippen MR) is 62.1 cm³/mol. The second kappa shape index (κ2) is 3.13. The first kappa shape index (κ1) is 9.26. The van der Waals surface area contributed by atoms with Crippen molar-refractivity contribution in [1.29, 1.82) is 0 Å². The monoisotopic (exact) mass is 184 g/mol. The van der Waals surface area contributed by atoms with Crippen LogP contribution in [0, 0.1) is 0 Å². The molecule has 0 atom stereocenters. The van der Waals surface area contributed by atoms with E-state index in [1.165, 1.54) is 27.9 Å². The Bertz CT molecular complexity index is 388. The quantitative estimate of drug-likeness (QED) is 0.532. The van der Waals surface area contributed by atoms with Gasteiger partial charge >= 0.3 is 0 Å². The van der Waals surface area contributed by atoms with Crippen molar-refractivity contribution in [3.63, 3.8) is 0 Å². The third-order valence-corrected chi connectivity index (χ3v) is 3.22. The summed E-state index contributed by atoms with van der Waals surface area (Å²) in [4.78, 5) is 0. The summed E-state index contributed by atoms with van der Waals surface area (Å²) in [5.41, 5.74) is 7.41. The summed E-state index contributed by atoms with van der Waals surface area (Å²) in [6, 6.07) is 0. The van der Waals surface area contributed by atoms with Crippen molar-refractivity contribution in [2.45, 2.75) is 25.7 Å². The van der Waals surface area contributed by atoms with E-state index in [4.69, 9.17) is 0 Å². The molecular weight excluding hydrogens is 168 g/mol. The molecule has 0 amide bonds. The van der Waals surface area contributed by atoms with E-state index in [1.54, 1.807) is 0 Å². The third-order valence-electron chi connectivity index (χ3n) is 3.22. The summed E-state index contributed by atoms with van der Waals surface area (Å²) in [6.45, 7) is 16.4. The minimum Gasteiger partial charge on any atom is -0.0955 e. The Morgan fingerprint density at radius 3 is 1.93 bits per heavy atom. The van der Waals surface area contributed by atoms with Gasteiger partial charge in [-0.15, -0.1) is 0 Å². The Balaban J connectivity index is 2.55. The molecular formula is C14H16. The van der Waals surface area contributed by atoms with E-state index in [1.807, 2.05) is 0 Å². The first-order valence-corrected chi connectivity index (χ1v) is 5.08. The van der Waals surface area contributed by atoms with E-state index in [9.17, 15) is 0 Å². The fourth-order valence-corrected chi connectivity index (χ4v) is 2.27. The molecule has 0 radical (unpaired) electrons. The minimum absolute atomic E-state index is 1.03. The van der Waals surface area contributed by atoms with E-state index < -0.39 is 0 Å². The van der Waals surface area contributed by atoms with Crippen molar-refractivity contribution >= 4 is 0 Å². The Morgan fingerprint density at radius 2 is 1.21 bits per heavy atom. The van der Waals surface area contributed by atoms with Gasteiger partial charge < -0.3 is 0 Å². The molecule has 0 saturated heterocycles. The van der Waals surface area contributed by atoms with Gasteiger partial charge in [-0.1, -0.05) is 31.9 Å². The van der Waals surface area contributed by atoms with Crippen LogP contribution in [0.5, 0.6) is 0 Å². The lowest BCUT2D eigenvalue weighted by Crippen LogP contribution is -2.12. The topological polar surface area (TPSA) is 0 Å². The van der Waals surface area contributed by atoms with Crippen molar-refractivity contribution in [2.75, 3.05) is 0 Å². The zero-order valence-electron chi connectivity index (χ0n) is 8.66. The average Bonchev–Trinajstić information content (AvgIpc) is 2.16. The minimum atomic E-state index is 1.03. The van der Waals surface area contributed by atoms with Crippen LogP contribution in [-0.2, 0) is 0 Å². The third kappa shape index (κ3) is 1.22. The Morgan fingerprint density at radius 1 is 0.643 bits per heavy atom. The van der Waals surface area contributed by atoms with Crippen LogP contribution in [0.1, 0.15) is 25.7 Å². The first-order valence-electron chi connectivity index (χ1n) is 5.08. The van der Waals surface area contributed by atoms with Crippen molar-refractivity contribution in [2.24, 2.45) is 0 Å². The maximum atomic E-state index is 4.12. The molecule has 0 nitrogen and oxygen atoms in total.